The Bertz CT molecular complexity index is 1170. The molecule has 0 aliphatic carbocycles. The number of nitrogens with zero attached hydrogens (tertiary/aromatic N) is 2. The summed E-state index contributed by atoms with van der Waals surface area (Å²) in [5, 5.41) is 9.68. The molecule has 3 aliphatic rings. The van der Waals surface area contributed by atoms with Crippen LogP contribution < -0.4 is 25.6 Å². The summed E-state index contributed by atoms with van der Waals surface area (Å²) in [4.78, 5) is 30.1. The molecule has 208 valence electrons. The predicted octanol–water partition coefficient (Wildman–Crippen LogP) is 2.44. The van der Waals surface area contributed by atoms with Crippen LogP contribution in [0.3, 0.4) is 0 Å². The molecule has 2 fully saturated rings. The number of nitrogens with one attached hydrogen (secondary N) is 3. The summed E-state index contributed by atoms with van der Waals surface area (Å²) in [5.41, 5.74) is 3.07. The lowest BCUT2D eigenvalue weighted by Crippen LogP contribution is -2.47. The second-order valence-electron chi connectivity index (χ2n) is 10.5. The summed E-state index contributed by atoms with van der Waals surface area (Å²) < 4.78 is 19.3. The van der Waals surface area contributed by atoms with Gasteiger partial charge in [0, 0.05) is 70.0 Å². The van der Waals surface area contributed by atoms with Gasteiger partial charge in [0.25, 0.3) is 0 Å². The number of amides is 2. The lowest BCUT2D eigenvalue weighted by atomic mass is 9.82. The summed E-state index contributed by atoms with van der Waals surface area (Å²) in [6, 6.07) is 12.4. The number of piperazine rings is 1. The van der Waals surface area contributed by atoms with Crippen molar-refractivity contribution in [1.29, 1.82) is 0 Å². The fraction of sp³-hybridized carbons (Fsp3) is 0.467. The molecule has 2 saturated heterocycles. The van der Waals surface area contributed by atoms with E-state index in [0.29, 0.717) is 39.2 Å². The second-order valence-corrected chi connectivity index (χ2v) is 10.5. The Balaban J connectivity index is 1.23. The van der Waals surface area contributed by atoms with Crippen LogP contribution in [0.25, 0.3) is 0 Å². The average Bonchev–Trinajstić information content (AvgIpc) is 2.97. The summed E-state index contributed by atoms with van der Waals surface area (Å²) in [6.07, 6.45) is 5.27. The maximum absolute atomic E-state index is 13.1. The molecule has 2 atom stereocenters. The van der Waals surface area contributed by atoms with E-state index < -0.39 is 0 Å². The van der Waals surface area contributed by atoms with Gasteiger partial charge in [0.15, 0.2) is 0 Å². The molecule has 5 rings (SSSR count). The number of hydrogen-bond acceptors (Lipinski definition) is 6. The molecule has 2 aromatic rings. The molecule has 0 unspecified atom stereocenters. The van der Waals surface area contributed by atoms with Gasteiger partial charge in [0.1, 0.15) is 18.2 Å². The number of halogens is 1. The van der Waals surface area contributed by atoms with Gasteiger partial charge in [-0.2, -0.15) is 0 Å². The summed E-state index contributed by atoms with van der Waals surface area (Å²) in [5.74, 6) is 0.764. The molecule has 0 saturated carbocycles. The van der Waals surface area contributed by atoms with E-state index in [1.807, 2.05) is 17.0 Å². The SMILES string of the molecule is O=C(C[C@@H]1CCN2C[C@@H]1/C=C\COc1ccc(N3CCNCC3)cc1CNCC2=O)NCc1ccc(F)cc1. The standard InChI is InChI=1S/C30H38FN5O3/c31-26-5-3-22(4-6-26)18-34-29(37)17-23-9-12-36-21-24(23)2-1-15-39-28-8-7-27(35-13-10-32-11-14-35)16-25(28)19-33-20-30(36)38/h1-8,16,23-24,32-33H,9-15,17-21H2,(H,34,37)/b2-1-/t23-,24-/m0/s1. The van der Waals surface area contributed by atoms with Crippen molar-refractivity contribution < 1.29 is 18.7 Å². The number of hydrogen-bond donors (Lipinski definition) is 3. The van der Waals surface area contributed by atoms with E-state index in [4.69, 9.17) is 4.74 Å². The van der Waals surface area contributed by atoms with Crippen LogP contribution in [-0.2, 0) is 22.7 Å². The zero-order valence-corrected chi connectivity index (χ0v) is 22.3. The molecule has 8 nitrogen and oxygen atoms in total. The summed E-state index contributed by atoms with van der Waals surface area (Å²) >= 11 is 0. The zero-order chi connectivity index (χ0) is 27.0. The van der Waals surface area contributed by atoms with E-state index in [1.54, 1.807) is 12.1 Å². The first kappa shape index (κ1) is 27.1. The Kier molecular flexibility index (Phi) is 9.11. The fourth-order valence-corrected chi connectivity index (χ4v) is 5.59. The highest BCUT2D eigenvalue weighted by Gasteiger charge is 2.31. The van der Waals surface area contributed by atoms with Gasteiger partial charge >= 0.3 is 0 Å². The van der Waals surface area contributed by atoms with Gasteiger partial charge in [-0.05, 0) is 54.2 Å². The van der Waals surface area contributed by atoms with E-state index in [9.17, 15) is 14.0 Å². The molecule has 3 N–H and O–H groups in total. The Morgan fingerprint density at radius 3 is 2.67 bits per heavy atom. The van der Waals surface area contributed by atoms with Gasteiger partial charge in [-0.25, -0.2) is 4.39 Å². The number of piperidine rings is 1. The van der Waals surface area contributed by atoms with E-state index in [2.05, 4.69) is 39.1 Å². The van der Waals surface area contributed by atoms with Gasteiger partial charge in [-0.3, -0.25) is 9.59 Å². The van der Waals surface area contributed by atoms with Gasteiger partial charge in [-0.1, -0.05) is 24.3 Å². The second kappa shape index (κ2) is 13.1. The van der Waals surface area contributed by atoms with E-state index in [0.717, 1.165) is 49.5 Å². The molecule has 0 aromatic heterocycles. The molecule has 0 radical (unpaired) electrons. The monoisotopic (exact) mass is 535 g/mol. The third kappa shape index (κ3) is 7.36. The molecule has 9 heteroatoms. The first-order chi connectivity index (χ1) is 19.0. The lowest BCUT2D eigenvalue weighted by molar-refractivity contribution is -0.132. The zero-order valence-electron chi connectivity index (χ0n) is 22.3. The minimum Gasteiger partial charge on any atom is -0.489 e. The van der Waals surface area contributed by atoms with Crippen LogP contribution in [0.5, 0.6) is 5.75 Å². The molecule has 3 aliphatic heterocycles. The minimum absolute atomic E-state index is 0.0347. The van der Waals surface area contributed by atoms with Crippen molar-refractivity contribution in [2.24, 2.45) is 11.8 Å². The number of carbonyl (C=O) groups is 2. The fourth-order valence-electron chi connectivity index (χ4n) is 5.59. The maximum Gasteiger partial charge on any atom is 0.236 e. The molecule has 39 heavy (non-hydrogen) atoms. The van der Waals surface area contributed by atoms with Gasteiger partial charge in [-0.15, -0.1) is 0 Å². The molecule has 3 heterocycles. The van der Waals surface area contributed by atoms with E-state index >= 15 is 0 Å². The van der Waals surface area contributed by atoms with E-state index in [-0.39, 0.29) is 36.0 Å². The predicted molar refractivity (Wildman–Crippen MR) is 149 cm³/mol. The Labute approximate surface area is 229 Å². The van der Waals surface area contributed by atoms with Crippen LogP contribution >= 0.6 is 0 Å². The number of rotatable bonds is 5. The van der Waals surface area contributed by atoms with Crippen LogP contribution in [0.1, 0.15) is 24.0 Å². The first-order valence-electron chi connectivity index (χ1n) is 13.9. The number of anilines is 1. The molecule has 2 aromatic carbocycles. The van der Waals surface area contributed by atoms with Gasteiger partial charge < -0.3 is 30.5 Å². The summed E-state index contributed by atoms with van der Waals surface area (Å²) in [6.45, 7) is 6.72. The van der Waals surface area contributed by atoms with Gasteiger partial charge in [0.2, 0.25) is 11.8 Å². The highest BCUT2D eigenvalue weighted by Crippen LogP contribution is 2.29. The van der Waals surface area contributed by atoms with Crippen LogP contribution in [0.2, 0.25) is 0 Å². The number of ether oxygens (including phenoxy) is 1. The van der Waals surface area contributed by atoms with Crippen LogP contribution in [0.4, 0.5) is 10.1 Å². The third-order valence-electron chi connectivity index (χ3n) is 7.85. The Morgan fingerprint density at radius 2 is 1.85 bits per heavy atom. The highest BCUT2D eigenvalue weighted by molar-refractivity contribution is 5.79. The molecule has 2 amide bonds. The van der Waals surface area contributed by atoms with Crippen molar-refractivity contribution >= 4 is 17.5 Å². The van der Waals surface area contributed by atoms with Crippen molar-refractivity contribution in [2.75, 3.05) is 57.3 Å². The number of carbonyl (C=O) groups excluding carboxylic acids is 2. The molecule has 2 bridgehead atoms. The smallest absolute Gasteiger partial charge is 0.236 e. The van der Waals surface area contributed by atoms with Gasteiger partial charge in [0.05, 0.1) is 6.54 Å². The Hall–Kier alpha value is -3.43. The number of fused-ring (bicyclic) bond motifs is 3. The van der Waals surface area contributed by atoms with Crippen molar-refractivity contribution in [3.63, 3.8) is 0 Å². The molecular weight excluding hydrogens is 497 g/mol. The first-order valence-corrected chi connectivity index (χ1v) is 13.9. The largest absolute Gasteiger partial charge is 0.489 e. The van der Waals surface area contributed by atoms with Crippen LogP contribution in [0, 0.1) is 17.7 Å². The van der Waals surface area contributed by atoms with Crippen molar-refractivity contribution in [1.82, 2.24) is 20.9 Å². The van der Waals surface area contributed by atoms with Crippen LogP contribution in [-0.4, -0.2) is 69.1 Å². The van der Waals surface area contributed by atoms with Crippen molar-refractivity contribution in [3.8, 4) is 5.75 Å². The normalized spacial score (nSPS) is 22.9. The topological polar surface area (TPSA) is 85.9 Å². The van der Waals surface area contributed by atoms with Crippen molar-refractivity contribution in [3.05, 3.63) is 71.6 Å². The maximum atomic E-state index is 13.1. The van der Waals surface area contributed by atoms with Crippen LogP contribution in [0.15, 0.2) is 54.6 Å². The Morgan fingerprint density at radius 1 is 1.03 bits per heavy atom. The third-order valence-corrected chi connectivity index (χ3v) is 7.85. The highest BCUT2D eigenvalue weighted by atomic mass is 19.1. The summed E-state index contributed by atoms with van der Waals surface area (Å²) in [7, 11) is 0. The molecule has 0 spiro atoms. The van der Waals surface area contributed by atoms with Crippen molar-refractivity contribution in [2.45, 2.75) is 25.9 Å². The average molecular weight is 536 g/mol. The minimum atomic E-state index is -0.293. The number of benzene rings is 2. The lowest BCUT2D eigenvalue weighted by Gasteiger charge is -2.37. The molecular formula is C30H38FN5O3. The quantitative estimate of drug-likeness (QED) is 0.510. The van der Waals surface area contributed by atoms with E-state index in [1.165, 1.54) is 17.8 Å².